The summed E-state index contributed by atoms with van der Waals surface area (Å²) in [6.07, 6.45) is 0. The van der Waals surface area contributed by atoms with Gasteiger partial charge in [-0.2, -0.15) is 0 Å². The van der Waals surface area contributed by atoms with Crippen molar-refractivity contribution in [2.75, 3.05) is 16.6 Å². The van der Waals surface area contributed by atoms with Crippen LogP contribution in [-0.2, 0) is 20.0 Å². The van der Waals surface area contributed by atoms with Gasteiger partial charge >= 0.3 is 0 Å². The van der Waals surface area contributed by atoms with Gasteiger partial charge in [-0.25, -0.2) is 21.2 Å². The van der Waals surface area contributed by atoms with E-state index in [0.29, 0.717) is 5.02 Å². The second-order valence-corrected chi connectivity index (χ2v) is 9.84. The molecule has 0 heterocycles. The molecule has 0 amide bonds. The molecule has 0 aliphatic heterocycles. The van der Waals surface area contributed by atoms with E-state index in [9.17, 15) is 21.2 Å². The van der Waals surface area contributed by atoms with Crippen molar-refractivity contribution in [1.82, 2.24) is 0 Å². The van der Waals surface area contributed by atoms with E-state index in [2.05, 4.69) is 9.44 Å². The zero-order valence-electron chi connectivity index (χ0n) is 15.5. The van der Waals surface area contributed by atoms with Crippen LogP contribution >= 0.6 is 11.6 Å². The van der Waals surface area contributed by atoms with Crippen LogP contribution in [0.4, 0.5) is 15.8 Å². The van der Waals surface area contributed by atoms with Gasteiger partial charge in [0.15, 0.2) is 0 Å². The van der Waals surface area contributed by atoms with Gasteiger partial charge in [0, 0.05) is 5.02 Å². The molecule has 11 heteroatoms. The summed E-state index contributed by atoms with van der Waals surface area (Å²) in [5.74, 6) is -0.416. The lowest BCUT2D eigenvalue weighted by atomic mass is 10.2. The maximum atomic E-state index is 13.1. The van der Waals surface area contributed by atoms with E-state index in [-0.39, 0.29) is 26.9 Å². The van der Waals surface area contributed by atoms with E-state index < -0.39 is 25.9 Å². The Labute approximate surface area is 178 Å². The molecule has 2 N–H and O–H groups in total. The second-order valence-electron chi connectivity index (χ2n) is 6.03. The zero-order valence-corrected chi connectivity index (χ0v) is 17.9. The van der Waals surface area contributed by atoms with Gasteiger partial charge in [0.05, 0.1) is 28.3 Å². The number of rotatable bonds is 7. The van der Waals surface area contributed by atoms with Crippen molar-refractivity contribution in [2.24, 2.45) is 0 Å². The predicted octanol–water partition coefficient (Wildman–Crippen LogP) is 4.09. The van der Waals surface area contributed by atoms with E-state index in [1.807, 2.05) is 0 Å². The monoisotopic (exact) mass is 470 g/mol. The minimum absolute atomic E-state index is 0.00173. The second kappa shape index (κ2) is 8.50. The summed E-state index contributed by atoms with van der Waals surface area (Å²) in [4.78, 5) is -0.186. The SMILES string of the molecule is COc1ccc(NS(=O)(=O)c2ccc(Cl)cc2)cc1NS(=O)(=O)c1ccc(F)cc1. The average molecular weight is 471 g/mol. The molecule has 0 spiro atoms. The topological polar surface area (TPSA) is 102 Å². The first-order chi connectivity index (χ1) is 14.1. The Morgan fingerprint density at radius 1 is 0.800 bits per heavy atom. The van der Waals surface area contributed by atoms with Crippen LogP contribution in [0, 0.1) is 5.82 Å². The Hall–Kier alpha value is -2.82. The number of sulfonamides is 2. The first-order valence-electron chi connectivity index (χ1n) is 8.35. The number of nitrogens with one attached hydrogen (secondary N) is 2. The molecular formula is C19H16ClFN2O5S2. The highest BCUT2D eigenvalue weighted by molar-refractivity contribution is 7.93. The minimum Gasteiger partial charge on any atom is -0.495 e. The van der Waals surface area contributed by atoms with Crippen molar-refractivity contribution in [3.05, 3.63) is 77.6 Å². The number of hydrogen-bond donors (Lipinski definition) is 2. The van der Waals surface area contributed by atoms with Crippen LogP contribution in [0.2, 0.25) is 5.02 Å². The summed E-state index contributed by atoms with van der Waals surface area (Å²) < 4.78 is 73.2. The number of halogens is 2. The number of anilines is 2. The van der Waals surface area contributed by atoms with Crippen LogP contribution in [-0.4, -0.2) is 23.9 Å². The molecule has 3 aromatic rings. The fraction of sp³-hybridized carbons (Fsp3) is 0.0526. The van der Waals surface area contributed by atoms with Gasteiger partial charge in [-0.1, -0.05) is 11.6 Å². The van der Waals surface area contributed by atoms with Crippen LogP contribution in [0.15, 0.2) is 76.5 Å². The largest absolute Gasteiger partial charge is 0.495 e. The minimum atomic E-state index is -4.07. The smallest absolute Gasteiger partial charge is 0.262 e. The van der Waals surface area contributed by atoms with Gasteiger partial charge in [-0.15, -0.1) is 0 Å². The van der Waals surface area contributed by atoms with Crippen molar-refractivity contribution in [3.8, 4) is 5.75 Å². The molecule has 7 nitrogen and oxygen atoms in total. The molecule has 0 fully saturated rings. The normalized spacial score (nSPS) is 11.7. The maximum Gasteiger partial charge on any atom is 0.262 e. The van der Waals surface area contributed by atoms with Gasteiger partial charge < -0.3 is 4.74 Å². The Morgan fingerprint density at radius 3 is 1.90 bits per heavy atom. The van der Waals surface area contributed by atoms with Crippen molar-refractivity contribution >= 4 is 43.0 Å². The standard InChI is InChI=1S/C19H16ClFN2O5S2/c1-28-19-11-6-15(22-29(24,25)16-7-2-13(20)3-8-16)12-18(19)23-30(26,27)17-9-4-14(21)5-10-17/h2-12,22-23H,1H3. The van der Waals surface area contributed by atoms with E-state index in [0.717, 1.165) is 24.3 Å². The molecule has 0 aliphatic rings. The first kappa shape index (κ1) is 21.9. The highest BCUT2D eigenvalue weighted by Crippen LogP contribution is 2.31. The third-order valence-electron chi connectivity index (χ3n) is 3.94. The van der Waals surface area contributed by atoms with Crippen LogP contribution < -0.4 is 14.2 Å². The van der Waals surface area contributed by atoms with E-state index in [1.165, 1.54) is 49.6 Å². The van der Waals surface area contributed by atoms with Crippen molar-refractivity contribution in [1.29, 1.82) is 0 Å². The van der Waals surface area contributed by atoms with E-state index >= 15 is 0 Å². The van der Waals surface area contributed by atoms with Gasteiger partial charge in [-0.05, 0) is 66.7 Å². The van der Waals surface area contributed by atoms with Gasteiger partial charge in [-0.3, -0.25) is 9.44 Å². The molecule has 0 saturated heterocycles. The van der Waals surface area contributed by atoms with Crippen molar-refractivity contribution in [3.63, 3.8) is 0 Å². The zero-order chi connectivity index (χ0) is 21.9. The lowest BCUT2D eigenvalue weighted by Crippen LogP contribution is -2.15. The number of methoxy groups -OCH3 is 1. The predicted molar refractivity (Wildman–Crippen MR) is 112 cm³/mol. The third kappa shape index (κ3) is 5.02. The molecule has 0 atom stereocenters. The molecule has 158 valence electrons. The lowest BCUT2D eigenvalue weighted by Gasteiger charge is -2.14. The van der Waals surface area contributed by atoms with Crippen LogP contribution in [0.25, 0.3) is 0 Å². The Bertz CT molecular complexity index is 1260. The van der Waals surface area contributed by atoms with Crippen LogP contribution in [0.3, 0.4) is 0 Å². The van der Waals surface area contributed by atoms with Crippen LogP contribution in [0.5, 0.6) is 5.75 Å². The number of benzene rings is 3. The molecule has 0 aliphatic carbocycles. The van der Waals surface area contributed by atoms with Gasteiger partial charge in [0.25, 0.3) is 20.0 Å². The van der Waals surface area contributed by atoms with Crippen LogP contribution in [0.1, 0.15) is 0 Å². The summed E-state index contributed by atoms with van der Waals surface area (Å²) >= 11 is 5.78. The summed E-state index contributed by atoms with van der Waals surface area (Å²) in [6, 6.07) is 13.9. The Balaban J connectivity index is 1.92. The molecular weight excluding hydrogens is 455 g/mol. The fourth-order valence-corrected chi connectivity index (χ4v) is 4.73. The third-order valence-corrected chi connectivity index (χ3v) is 6.97. The summed E-state index contributed by atoms with van der Waals surface area (Å²) in [5, 5.41) is 0.385. The summed E-state index contributed by atoms with van der Waals surface area (Å²) in [5.41, 5.74) is 0.0979. The molecule has 30 heavy (non-hydrogen) atoms. The molecule has 0 radical (unpaired) electrons. The highest BCUT2D eigenvalue weighted by atomic mass is 35.5. The maximum absolute atomic E-state index is 13.1. The fourth-order valence-electron chi connectivity index (χ4n) is 2.50. The van der Waals surface area contributed by atoms with Crippen molar-refractivity contribution < 1.29 is 26.0 Å². The Kier molecular flexibility index (Phi) is 6.20. The number of hydrogen-bond acceptors (Lipinski definition) is 5. The molecule has 0 saturated carbocycles. The Morgan fingerprint density at radius 2 is 1.33 bits per heavy atom. The molecule has 3 aromatic carbocycles. The summed E-state index contributed by atoms with van der Waals surface area (Å²) in [6.45, 7) is 0. The molecule has 0 unspecified atom stereocenters. The number of ether oxygens (including phenoxy) is 1. The first-order valence-corrected chi connectivity index (χ1v) is 11.7. The highest BCUT2D eigenvalue weighted by Gasteiger charge is 2.19. The molecule has 0 bridgehead atoms. The van der Waals surface area contributed by atoms with Gasteiger partial charge in [0.2, 0.25) is 0 Å². The summed E-state index contributed by atoms with van der Waals surface area (Å²) in [7, 11) is -6.67. The van der Waals surface area contributed by atoms with Crippen molar-refractivity contribution in [2.45, 2.75) is 9.79 Å². The average Bonchev–Trinajstić information content (AvgIpc) is 2.68. The quantitative estimate of drug-likeness (QED) is 0.541. The van der Waals surface area contributed by atoms with E-state index in [4.69, 9.17) is 16.3 Å². The molecule has 3 rings (SSSR count). The molecule has 0 aromatic heterocycles. The van der Waals surface area contributed by atoms with E-state index in [1.54, 1.807) is 0 Å². The lowest BCUT2D eigenvalue weighted by molar-refractivity contribution is 0.417. The van der Waals surface area contributed by atoms with Gasteiger partial charge in [0.1, 0.15) is 11.6 Å².